The van der Waals surface area contributed by atoms with Crippen molar-refractivity contribution in [1.29, 1.82) is 0 Å². The minimum Gasteiger partial charge on any atom is -0.0879 e. The van der Waals surface area contributed by atoms with Gasteiger partial charge in [0.25, 0.3) is 0 Å². The second kappa shape index (κ2) is 4.16. The molecule has 1 atom stereocenters. The van der Waals surface area contributed by atoms with Gasteiger partial charge in [0.15, 0.2) is 0 Å². The van der Waals surface area contributed by atoms with Crippen molar-refractivity contribution in [2.45, 2.75) is 12.8 Å². The van der Waals surface area contributed by atoms with Gasteiger partial charge in [-0.25, -0.2) is 0 Å². The van der Waals surface area contributed by atoms with E-state index in [9.17, 15) is 0 Å². The predicted molar refractivity (Wildman–Crippen MR) is 86.9 cm³/mol. The third-order valence-electron chi connectivity index (χ3n) is 4.33. The maximum absolute atomic E-state index is 6.17. The van der Waals surface area contributed by atoms with Crippen molar-refractivity contribution in [3.05, 3.63) is 71.0 Å². The Hall–Kier alpha value is -1.17. The molecule has 2 heteroatoms. The van der Waals surface area contributed by atoms with E-state index in [1.165, 1.54) is 29.0 Å². The maximum atomic E-state index is 6.17. The molecule has 1 aliphatic heterocycles. The van der Waals surface area contributed by atoms with Crippen LogP contribution in [0.15, 0.2) is 59.9 Å². The van der Waals surface area contributed by atoms with E-state index in [4.69, 9.17) is 11.8 Å². The van der Waals surface area contributed by atoms with E-state index in [0.717, 1.165) is 6.42 Å². The fourth-order valence-corrected chi connectivity index (χ4v) is 7.68. The molecule has 1 aliphatic carbocycles. The quantitative estimate of drug-likeness (QED) is 0.708. The summed E-state index contributed by atoms with van der Waals surface area (Å²) < 4.78 is 0. The van der Waals surface area contributed by atoms with Crippen LogP contribution in [0.1, 0.15) is 17.5 Å². The molecule has 2 aromatic rings. The first-order valence-electron chi connectivity index (χ1n) is 6.74. The maximum Gasteiger partial charge on any atom is 0.00765 e. The number of fused-ring (bicyclic) bond motifs is 2. The molecule has 0 spiro atoms. The van der Waals surface area contributed by atoms with E-state index in [1.807, 2.05) is 0 Å². The molecule has 0 bridgehead atoms. The third kappa shape index (κ3) is 1.62. The standard InChI is InChI=1S/C17H15PS/c19-18(14-7-2-1-3-8-14)11-10-16-15-9-5-4-6-13(15)12-17(16)18/h1-9H,10-12H2. The number of hydrogen-bond donors (Lipinski definition) is 0. The number of allylic oxidation sites excluding steroid dienone is 2. The lowest BCUT2D eigenvalue weighted by molar-refractivity contribution is 1.25. The Morgan fingerprint density at radius 1 is 0.895 bits per heavy atom. The van der Waals surface area contributed by atoms with E-state index in [-0.39, 0.29) is 0 Å². The number of benzene rings is 2. The average molecular weight is 282 g/mol. The first-order valence-corrected chi connectivity index (χ1v) is 9.73. The highest BCUT2D eigenvalue weighted by Gasteiger charge is 2.37. The van der Waals surface area contributed by atoms with Gasteiger partial charge in [0.2, 0.25) is 0 Å². The highest BCUT2D eigenvalue weighted by Crippen LogP contribution is 2.65. The van der Waals surface area contributed by atoms with Crippen molar-refractivity contribution >= 4 is 28.7 Å². The molecule has 0 fully saturated rings. The van der Waals surface area contributed by atoms with Gasteiger partial charge in [-0.2, -0.15) is 0 Å². The van der Waals surface area contributed by atoms with Gasteiger partial charge in [-0.3, -0.25) is 0 Å². The van der Waals surface area contributed by atoms with Gasteiger partial charge >= 0.3 is 0 Å². The zero-order chi connectivity index (χ0) is 12.9. The summed E-state index contributed by atoms with van der Waals surface area (Å²) in [6.45, 7) is 0. The van der Waals surface area contributed by atoms with Crippen LogP contribution in [0.25, 0.3) is 5.57 Å². The molecule has 0 aromatic heterocycles. The monoisotopic (exact) mass is 282 g/mol. The van der Waals surface area contributed by atoms with Gasteiger partial charge in [-0.15, -0.1) is 0 Å². The van der Waals surface area contributed by atoms with Gasteiger partial charge in [-0.1, -0.05) is 66.4 Å². The van der Waals surface area contributed by atoms with Gasteiger partial charge < -0.3 is 0 Å². The van der Waals surface area contributed by atoms with Gasteiger partial charge in [0.05, 0.1) is 0 Å². The molecular weight excluding hydrogens is 267 g/mol. The Balaban J connectivity index is 1.87. The van der Waals surface area contributed by atoms with Crippen molar-refractivity contribution in [2.24, 2.45) is 0 Å². The van der Waals surface area contributed by atoms with E-state index >= 15 is 0 Å². The lowest BCUT2D eigenvalue weighted by Crippen LogP contribution is -2.06. The molecule has 1 heterocycles. The molecule has 19 heavy (non-hydrogen) atoms. The van der Waals surface area contributed by atoms with Crippen LogP contribution >= 0.6 is 6.04 Å². The van der Waals surface area contributed by atoms with Crippen molar-refractivity contribution in [3.63, 3.8) is 0 Å². The fourth-order valence-electron chi connectivity index (χ4n) is 3.39. The molecule has 2 aliphatic rings. The summed E-state index contributed by atoms with van der Waals surface area (Å²) in [5.41, 5.74) is 4.53. The minimum absolute atomic E-state index is 1.09. The first kappa shape index (κ1) is 11.6. The zero-order valence-electron chi connectivity index (χ0n) is 10.7. The first-order chi connectivity index (χ1) is 9.29. The molecular formula is C17H15PS. The molecule has 2 aromatic carbocycles. The van der Waals surface area contributed by atoms with Crippen LogP contribution in [0.3, 0.4) is 0 Å². The highest BCUT2D eigenvalue weighted by atomic mass is 32.4. The molecule has 0 N–H and O–H groups in total. The predicted octanol–water partition coefficient (Wildman–Crippen LogP) is 4.16. The van der Waals surface area contributed by atoms with Crippen LogP contribution in [-0.2, 0) is 18.2 Å². The molecule has 0 saturated carbocycles. The molecule has 1 unspecified atom stereocenters. The Kier molecular flexibility index (Phi) is 2.55. The molecule has 94 valence electrons. The van der Waals surface area contributed by atoms with E-state index in [0.29, 0.717) is 0 Å². The number of rotatable bonds is 1. The average Bonchev–Trinajstić information content (AvgIpc) is 2.99. The largest absolute Gasteiger partial charge is 0.0879 e. The lowest BCUT2D eigenvalue weighted by Gasteiger charge is -2.20. The summed E-state index contributed by atoms with van der Waals surface area (Å²) in [5, 5.41) is 3.00. The SMILES string of the molecule is S=P1(c2ccccc2)CCC2=C1Cc1ccccc12. The van der Waals surface area contributed by atoms with Crippen LogP contribution in [0.4, 0.5) is 0 Å². The summed E-state index contributed by atoms with van der Waals surface area (Å²) in [6, 6.07) is 18.1. The Morgan fingerprint density at radius 2 is 1.63 bits per heavy atom. The summed E-state index contributed by atoms with van der Waals surface area (Å²) >= 11 is 6.17. The smallest absolute Gasteiger partial charge is 0.00765 e. The van der Waals surface area contributed by atoms with Gasteiger partial charge in [-0.05, 0) is 46.3 Å². The second-order valence-electron chi connectivity index (χ2n) is 5.31. The van der Waals surface area contributed by atoms with Crippen molar-refractivity contribution in [3.8, 4) is 0 Å². The topological polar surface area (TPSA) is 0 Å². The highest BCUT2D eigenvalue weighted by molar-refractivity contribution is 8.20. The normalized spacial score (nSPS) is 24.4. The van der Waals surface area contributed by atoms with Crippen LogP contribution in [0, 0.1) is 0 Å². The van der Waals surface area contributed by atoms with E-state index in [2.05, 4.69) is 54.6 Å². The van der Waals surface area contributed by atoms with Gasteiger partial charge in [0, 0.05) is 6.04 Å². The second-order valence-corrected chi connectivity index (χ2v) is 10.2. The van der Waals surface area contributed by atoms with Crippen LogP contribution in [0.5, 0.6) is 0 Å². The fraction of sp³-hybridized carbons (Fsp3) is 0.176. The minimum atomic E-state index is -1.50. The summed E-state index contributed by atoms with van der Waals surface area (Å²) in [6.07, 6.45) is 3.46. The van der Waals surface area contributed by atoms with E-state index < -0.39 is 6.04 Å². The Bertz CT molecular complexity index is 728. The Morgan fingerprint density at radius 3 is 2.47 bits per heavy atom. The molecule has 0 nitrogen and oxygen atoms in total. The van der Waals surface area contributed by atoms with Crippen molar-refractivity contribution < 1.29 is 0 Å². The van der Waals surface area contributed by atoms with Crippen LogP contribution in [-0.4, -0.2) is 6.16 Å². The van der Waals surface area contributed by atoms with E-state index in [1.54, 1.807) is 10.9 Å². The molecule has 0 saturated heterocycles. The Labute approximate surface area is 119 Å². The summed E-state index contributed by atoms with van der Waals surface area (Å²) in [4.78, 5) is 0. The number of hydrogen-bond acceptors (Lipinski definition) is 1. The summed E-state index contributed by atoms with van der Waals surface area (Å²) in [7, 11) is 0. The van der Waals surface area contributed by atoms with Crippen LogP contribution < -0.4 is 5.30 Å². The van der Waals surface area contributed by atoms with Crippen LogP contribution in [0.2, 0.25) is 0 Å². The zero-order valence-corrected chi connectivity index (χ0v) is 12.4. The molecule has 4 rings (SSSR count). The summed E-state index contributed by atoms with van der Waals surface area (Å²) in [5.74, 6) is 0. The van der Waals surface area contributed by atoms with Crippen molar-refractivity contribution in [2.75, 3.05) is 6.16 Å². The van der Waals surface area contributed by atoms with Gasteiger partial charge in [0.1, 0.15) is 0 Å². The van der Waals surface area contributed by atoms with Crippen molar-refractivity contribution in [1.82, 2.24) is 0 Å². The lowest BCUT2D eigenvalue weighted by atomic mass is 10.0. The third-order valence-corrected chi connectivity index (χ3v) is 9.46. The molecule has 0 radical (unpaired) electrons. The molecule has 0 amide bonds.